The van der Waals surface area contributed by atoms with Crippen molar-refractivity contribution >= 4 is 34.0 Å². The number of para-hydroxylation sites is 2. The molecule has 1 aromatic carbocycles. The minimum atomic E-state index is -0.0747. The van der Waals surface area contributed by atoms with Crippen molar-refractivity contribution in [2.45, 2.75) is 6.54 Å². The van der Waals surface area contributed by atoms with Crippen molar-refractivity contribution in [3.05, 3.63) is 45.0 Å². The van der Waals surface area contributed by atoms with Crippen LogP contribution in [0.5, 0.6) is 0 Å². The monoisotopic (exact) mass is 273 g/mol. The average Bonchev–Trinajstić information content (AvgIpc) is 2.82. The van der Waals surface area contributed by atoms with E-state index < -0.39 is 0 Å². The summed E-state index contributed by atoms with van der Waals surface area (Å²) >= 11 is 1.13. The van der Waals surface area contributed by atoms with Crippen LogP contribution in [0.3, 0.4) is 0 Å². The Morgan fingerprint density at radius 2 is 2.00 bits per heavy atom. The fourth-order valence-electron chi connectivity index (χ4n) is 1.72. The number of nitrogens with one attached hydrogen (secondary N) is 2. The number of thiazole rings is 1. The van der Waals surface area contributed by atoms with Gasteiger partial charge in [-0.05, 0) is 12.1 Å². The van der Waals surface area contributed by atoms with Crippen molar-refractivity contribution in [3.8, 4) is 0 Å². The van der Waals surface area contributed by atoms with Gasteiger partial charge in [-0.25, -0.2) is 9.97 Å². The average molecular weight is 273 g/mol. The van der Waals surface area contributed by atoms with Crippen molar-refractivity contribution in [2.24, 2.45) is 0 Å². The molecule has 0 atom stereocenters. The minimum absolute atomic E-state index is 0.0747. The standard InChI is InChI=1S/C12H11N5OS/c13-10-11(14-5-7-6-19-12(18)15-7)17-9-4-2-1-3-8(9)16-10/h1-4,6H,5H2,(H2,13,16)(H,14,17)(H,15,18). The number of benzene rings is 1. The lowest BCUT2D eigenvalue weighted by Gasteiger charge is -2.07. The van der Waals surface area contributed by atoms with E-state index in [4.69, 9.17) is 5.73 Å². The first-order valence-corrected chi connectivity index (χ1v) is 6.53. The van der Waals surface area contributed by atoms with Gasteiger partial charge < -0.3 is 16.0 Å². The Balaban J connectivity index is 1.88. The zero-order chi connectivity index (χ0) is 13.2. The maximum absolute atomic E-state index is 11.0. The molecule has 0 aliphatic carbocycles. The Morgan fingerprint density at radius 1 is 1.26 bits per heavy atom. The van der Waals surface area contributed by atoms with E-state index in [1.807, 2.05) is 24.3 Å². The lowest BCUT2D eigenvalue weighted by molar-refractivity contribution is 1.04. The summed E-state index contributed by atoms with van der Waals surface area (Å²) in [5.74, 6) is 0.863. The van der Waals surface area contributed by atoms with Crippen LogP contribution in [0, 0.1) is 0 Å². The molecule has 0 fully saturated rings. The molecule has 2 aromatic heterocycles. The highest BCUT2D eigenvalue weighted by molar-refractivity contribution is 7.07. The van der Waals surface area contributed by atoms with Gasteiger partial charge in [0.2, 0.25) is 0 Å². The van der Waals surface area contributed by atoms with E-state index in [0.717, 1.165) is 28.1 Å². The zero-order valence-electron chi connectivity index (χ0n) is 9.88. The predicted molar refractivity (Wildman–Crippen MR) is 76.2 cm³/mol. The van der Waals surface area contributed by atoms with Gasteiger partial charge >= 0.3 is 4.87 Å². The molecule has 0 aliphatic heterocycles. The fourth-order valence-corrected chi connectivity index (χ4v) is 2.30. The van der Waals surface area contributed by atoms with Crippen molar-refractivity contribution in [2.75, 3.05) is 11.1 Å². The van der Waals surface area contributed by atoms with Crippen LogP contribution in [0.1, 0.15) is 5.69 Å². The number of H-pyrrole nitrogens is 1. The molecule has 0 bridgehead atoms. The third-order valence-electron chi connectivity index (χ3n) is 2.61. The maximum atomic E-state index is 11.0. The van der Waals surface area contributed by atoms with Crippen LogP contribution < -0.4 is 15.9 Å². The Hall–Kier alpha value is -2.41. The molecule has 0 aliphatic rings. The second kappa shape index (κ2) is 4.69. The van der Waals surface area contributed by atoms with Gasteiger partial charge in [0.1, 0.15) is 0 Å². The Morgan fingerprint density at radius 3 is 2.68 bits per heavy atom. The third-order valence-corrected chi connectivity index (χ3v) is 3.33. The Bertz CT molecular complexity index is 779. The first kappa shape index (κ1) is 11.7. The van der Waals surface area contributed by atoms with Crippen LogP contribution in [0.4, 0.5) is 11.6 Å². The summed E-state index contributed by atoms with van der Waals surface area (Å²) in [7, 11) is 0. The summed E-state index contributed by atoms with van der Waals surface area (Å²) in [6, 6.07) is 7.52. The molecule has 2 heterocycles. The van der Waals surface area contributed by atoms with Crippen LogP contribution in [-0.4, -0.2) is 15.0 Å². The molecule has 7 heteroatoms. The van der Waals surface area contributed by atoms with Crippen LogP contribution >= 0.6 is 11.3 Å². The van der Waals surface area contributed by atoms with E-state index in [2.05, 4.69) is 20.3 Å². The molecule has 19 heavy (non-hydrogen) atoms. The Kier molecular flexibility index (Phi) is 2.88. The largest absolute Gasteiger partial charge is 0.381 e. The van der Waals surface area contributed by atoms with Gasteiger partial charge in [-0.2, -0.15) is 0 Å². The molecule has 0 saturated carbocycles. The first-order valence-electron chi connectivity index (χ1n) is 5.65. The molecule has 3 aromatic rings. The van der Waals surface area contributed by atoms with Gasteiger partial charge in [-0.3, -0.25) is 4.79 Å². The van der Waals surface area contributed by atoms with E-state index >= 15 is 0 Å². The summed E-state index contributed by atoms with van der Waals surface area (Å²) in [5, 5.41) is 4.84. The highest BCUT2D eigenvalue weighted by atomic mass is 32.1. The van der Waals surface area contributed by atoms with E-state index in [9.17, 15) is 4.79 Å². The number of nitrogen functional groups attached to an aromatic ring is 1. The number of aromatic amines is 1. The lowest BCUT2D eigenvalue weighted by atomic mass is 10.3. The van der Waals surface area contributed by atoms with Gasteiger partial charge in [0.05, 0.1) is 17.6 Å². The number of aromatic nitrogens is 3. The molecule has 0 radical (unpaired) electrons. The molecule has 0 unspecified atom stereocenters. The number of anilines is 2. The van der Waals surface area contributed by atoms with Gasteiger partial charge in [0.15, 0.2) is 11.6 Å². The number of hydrogen-bond acceptors (Lipinski definition) is 6. The van der Waals surface area contributed by atoms with Gasteiger partial charge in [-0.1, -0.05) is 23.5 Å². The van der Waals surface area contributed by atoms with Crippen LogP contribution in [0.2, 0.25) is 0 Å². The summed E-state index contributed by atoms with van der Waals surface area (Å²) in [6.07, 6.45) is 0. The Labute approximate surface area is 112 Å². The lowest BCUT2D eigenvalue weighted by Crippen LogP contribution is -2.07. The topological polar surface area (TPSA) is 96.7 Å². The quantitative estimate of drug-likeness (QED) is 0.673. The molecule has 0 spiro atoms. The van der Waals surface area contributed by atoms with E-state index in [1.165, 1.54) is 0 Å². The number of hydrogen-bond donors (Lipinski definition) is 3. The first-order chi connectivity index (χ1) is 9.22. The molecule has 0 saturated heterocycles. The highest BCUT2D eigenvalue weighted by Crippen LogP contribution is 2.18. The summed E-state index contributed by atoms with van der Waals surface area (Å²) in [5.41, 5.74) is 8.18. The van der Waals surface area contributed by atoms with E-state index in [0.29, 0.717) is 18.2 Å². The second-order valence-corrected chi connectivity index (χ2v) is 4.82. The molecule has 4 N–H and O–H groups in total. The van der Waals surface area contributed by atoms with Crippen LogP contribution in [-0.2, 0) is 6.54 Å². The van der Waals surface area contributed by atoms with Crippen molar-refractivity contribution in [1.29, 1.82) is 0 Å². The minimum Gasteiger partial charge on any atom is -0.381 e. The summed E-state index contributed by atoms with van der Waals surface area (Å²) < 4.78 is 0. The van der Waals surface area contributed by atoms with Crippen molar-refractivity contribution in [3.63, 3.8) is 0 Å². The number of rotatable bonds is 3. The van der Waals surface area contributed by atoms with Crippen molar-refractivity contribution < 1.29 is 0 Å². The molecular weight excluding hydrogens is 262 g/mol. The van der Waals surface area contributed by atoms with E-state index in [-0.39, 0.29) is 4.87 Å². The van der Waals surface area contributed by atoms with Gasteiger partial charge in [0.25, 0.3) is 0 Å². The molecule has 6 nitrogen and oxygen atoms in total. The molecular formula is C12H11N5OS. The maximum Gasteiger partial charge on any atom is 0.304 e. The molecule has 96 valence electrons. The number of nitrogens with two attached hydrogens (primary N) is 1. The zero-order valence-corrected chi connectivity index (χ0v) is 10.7. The SMILES string of the molecule is Nc1nc2ccccc2nc1NCc1csc(=O)[nH]1. The van der Waals surface area contributed by atoms with Crippen molar-refractivity contribution in [1.82, 2.24) is 15.0 Å². The highest BCUT2D eigenvalue weighted by Gasteiger charge is 2.05. The second-order valence-electron chi connectivity index (χ2n) is 3.97. The number of fused-ring (bicyclic) bond motifs is 1. The smallest absolute Gasteiger partial charge is 0.304 e. The van der Waals surface area contributed by atoms with E-state index in [1.54, 1.807) is 5.38 Å². The van der Waals surface area contributed by atoms with Crippen LogP contribution in [0.15, 0.2) is 34.4 Å². The fraction of sp³-hybridized carbons (Fsp3) is 0.0833. The number of nitrogens with zero attached hydrogens (tertiary/aromatic N) is 2. The molecule has 3 rings (SSSR count). The summed E-state index contributed by atoms with van der Waals surface area (Å²) in [4.78, 5) is 22.4. The van der Waals surface area contributed by atoms with Gasteiger partial charge in [0, 0.05) is 11.1 Å². The predicted octanol–water partition coefficient (Wildman–Crippen LogP) is 1.57. The summed E-state index contributed by atoms with van der Waals surface area (Å²) in [6.45, 7) is 0.454. The molecule has 0 amide bonds. The normalized spacial score (nSPS) is 10.7. The van der Waals surface area contributed by atoms with Crippen LogP contribution in [0.25, 0.3) is 11.0 Å². The van der Waals surface area contributed by atoms with Gasteiger partial charge in [-0.15, -0.1) is 0 Å². The third kappa shape index (κ3) is 2.41.